The average molecular weight is 216 g/mol. The van der Waals surface area contributed by atoms with Crippen LogP contribution >= 0.6 is 0 Å². The molecule has 0 aromatic carbocycles. The van der Waals surface area contributed by atoms with Gasteiger partial charge in [-0.1, -0.05) is 6.42 Å². The number of nitrogens with two attached hydrogens (primary N) is 3. The number of rotatable bonds is 9. The van der Waals surface area contributed by atoms with Crippen LogP contribution in [-0.2, 0) is 9.59 Å². The van der Waals surface area contributed by atoms with Crippen molar-refractivity contribution >= 4 is 11.8 Å². The van der Waals surface area contributed by atoms with E-state index < -0.39 is 17.9 Å². The van der Waals surface area contributed by atoms with Crippen LogP contribution in [0.2, 0.25) is 0 Å². The number of primary amides is 2. The first-order valence-corrected chi connectivity index (χ1v) is 5.09. The van der Waals surface area contributed by atoms with Crippen LogP contribution in [0.5, 0.6) is 0 Å². The molecule has 0 saturated carbocycles. The normalized spacial score (nSPS) is 12.3. The molecule has 6 heteroatoms. The van der Waals surface area contributed by atoms with E-state index in [0.29, 0.717) is 13.1 Å². The molecule has 0 saturated heterocycles. The van der Waals surface area contributed by atoms with Gasteiger partial charge >= 0.3 is 0 Å². The fraction of sp³-hybridized carbons (Fsp3) is 0.778. The summed E-state index contributed by atoms with van der Waals surface area (Å²) in [5, 5.41) is 2.89. The van der Waals surface area contributed by atoms with Crippen molar-refractivity contribution in [2.75, 3.05) is 13.1 Å². The summed E-state index contributed by atoms with van der Waals surface area (Å²) in [6, 6.07) is -0.652. The summed E-state index contributed by atoms with van der Waals surface area (Å²) < 4.78 is 0. The molecular weight excluding hydrogens is 196 g/mol. The van der Waals surface area contributed by atoms with Gasteiger partial charge in [0.05, 0.1) is 12.5 Å². The van der Waals surface area contributed by atoms with E-state index >= 15 is 0 Å². The topological polar surface area (TPSA) is 124 Å². The summed E-state index contributed by atoms with van der Waals surface area (Å²) in [4.78, 5) is 21.5. The van der Waals surface area contributed by atoms with Crippen molar-refractivity contribution in [2.45, 2.75) is 31.7 Å². The monoisotopic (exact) mass is 216 g/mol. The molecule has 6 nitrogen and oxygen atoms in total. The maximum absolute atomic E-state index is 10.9. The Hall–Kier alpha value is -1.14. The van der Waals surface area contributed by atoms with Crippen LogP contribution in [0.3, 0.4) is 0 Å². The molecule has 0 heterocycles. The highest BCUT2D eigenvalue weighted by atomic mass is 16.2. The zero-order valence-electron chi connectivity index (χ0n) is 8.87. The first-order valence-electron chi connectivity index (χ1n) is 5.09. The highest BCUT2D eigenvalue weighted by Gasteiger charge is 2.16. The molecule has 7 N–H and O–H groups in total. The second-order valence-electron chi connectivity index (χ2n) is 3.43. The molecule has 15 heavy (non-hydrogen) atoms. The Labute approximate surface area is 89.6 Å². The lowest BCUT2D eigenvalue weighted by molar-refractivity contribution is -0.125. The third kappa shape index (κ3) is 7.90. The molecule has 0 bridgehead atoms. The fourth-order valence-electron chi connectivity index (χ4n) is 1.20. The second kappa shape index (κ2) is 8.19. The van der Waals surface area contributed by atoms with Gasteiger partial charge in [0.2, 0.25) is 11.8 Å². The predicted octanol–water partition coefficient (Wildman–Crippen LogP) is -1.57. The zero-order chi connectivity index (χ0) is 11.7. The zero-order valence-corrected chi connectivity index (χ0v) is 8.87. The van der Waals surface area contributed by atoms with E-state index in [-0.39, 0.29) is 6.42 Å². The molecule has 0 rings (SSSR count). The fourth-order valence-corrected chi connectivity index (χ4v) is 1.20. The van der Waals surface area contributed by atoms with E-state index in [1.54, 1.807) is 0 Å². The minimum atomic E-state index is -0.652. The van der Waals surface area contributed by atoms with Gasteiger partial charge in [-0.25, -0.2) is 0 Å². The Balaban J connectivity index is 3.67. The van der Waals surface area contributed by atoms with E-state index in [9.17, 15) is 9.59 Å². The molecule has 0 unspecified atom stereocenters. The van der Waals surface area contributed by atoms with Crippen LogP contribution in [-0.4, -0.2) is 30.9 Å². The molecule has 0 spiro atoms. The molecule has 2 amide bonds. The van der Waals surface area contributed by atoms with Gasteiger partial charge in [0.25, 0.3) is 0 Å². The number of hydrogen-bond acceptors (Lipinski definition) is 4. The van der Waals surface area contributed by atoms with E-state index in [2.05, 4.69) is 5.32 Å². The SMILES string of the molecule is NCCCCCN[C@@H](CC(N)=O)C(N)=O. The lowest BCUT2D eigenvalue weighted by Crippen LogP contribution is -2.44. The van der Waals surface area contributed by atoms with Gasteiger partial charge in [-0.15, -0.1) is 0 Å². The summed E-state index contributed by atoms with van der Waals surface area (Å²) in [7, 11) is 0. The molecule has 0 aromatic rings. The van der Waals surface area contributed by atoms with Crippen LogP contribution in [0.4, 0.5) is 0 Å². The minimum absolute atomic E-state index is 0.0494. The molecule has 1 atom stereocenters. The summed E-state index contributed by atoms with van der Waals surface area (Å²) in [6.45, 7) is 1.31. The maximum Gasteiger partial charge on any atom is 0.235 e. The van der Waals surface area contributed by atoms with Crippen molar-refractivity contribution < 1.29 is 9.59 Å². The van der Waals surface area contributed by atoms with Crippen molar-refractivity contribution in [1.29, 1.82) is 0 Å². The molecule has 0 aromatic heterocycles. The predicted molar refractivity (Wildman–Crippen MR) is 57.7 cm³/mol. The first kappa shape index (κ1) is 13.9. The first-order chi connectivity index (χ1) is 7.07. The standard InChI is InChI=1S/C9H20N4O2/c10-4-2-1-3-5-13-7(9(12)15)6-8(11)14/h7,13H,1-6,10H2,(H2,11,14)(H2,12,15)/t7-/m0/s1. The van der Waals surface area contributed by atoms with Gasteiger partial charge in [0.1, 0.15) is 0 Å². The van der Waals surface area contributed by atoms with Crippen molar-refractivity contribution in [3.63, 3.8) is 0 Å². The van der Waals surface area contributed by atoms with Gasteiger partial charge in [-0.2, -0.15) is 0 Å². The Kier molecular flexibility index (Phi) is 7.57. The quantitative estimate of drug-likeness (QED) is 0.348. The Morgan fingerprint density at radius 3 is 2.27 bits per heavy atom. The average Bonchev–Trinajstić information content (AvgIpc) is 2.15. The van der Waals surface area contributed by atoms with Crippen LogP contribution in [0.15, 0.2) is 0 Å². The number of hydrogen-bond donors (Lipinski definition) is 4. The Morgan fingerprint density at radius 2 is 1.80 bits per heavy atom. The number of carbonyl (C=O) groups is 2. The molecule has 0 aliphatic heterocycles. The summed E-state index contributed by atoms with van der Waals surface area (Å²) >= 11 is 0. The van der Waals surface area contributed by atoms with E-state index in [1.807, 2.05) is 0 Å². The van der Waals surface area contributed by atoms with Crippen molar-refractivity contribution in [2.24, 2.45) is 17.2 Å². The number of carbonyl (C=O) groups excluding carboxylic acids is 2. The van der Waals surface area contributed by atoms with E-state index in [1.165, 1.54) is 0 Å². The minimum Gasteiger partial charge on any atom is -0.370 e. The lowest BCUT2D eigenvalue weighted by Gasteiger charge is -2.13. The maximum atomic E-state index is 10.9. The lowest BCUT2D eigenvalue weighted by atomic mass is 10.1. The summed E-state index contributed by atoms with van der Waals surface area (Å²) in [5.41, 5.74) is 15.4. The van der Waals surface area contributed by atoms with Gasteiger partial charge < -0.3 is 22.5 Å². The summed E-state index contributed by atoms with van der Waals surface area (Å²) in [5.74, 6) is -1.08. The van der Waals surface area contributed by atoms with Crippen LogP contribution in [0.25, 0.3) is 0 Å². The van der Waals surface area contributed by atoms with Crippen molar-refractivity contribution in [1.82, 2.24) is 5.32 Å². The van der Waals surface area contributed by atoms with Gasteiger partial charge in [0, 0.05) is 0 Å². The Bertz CT molecular complexity index is 208. The highest BCUT2D eigenvalue weighted by molar-refractivity contribution is 5.86. The number of unbranched alkanes of at least 4 members (excludes halogenated alkanes) is 2. The van der Waals surface area contributed by atoms with Crippen LogP contribution in [0, 0.1) is 0 Å². The molecule has 88 valence electrons. The van der Waals surface area contributed by atoms with E-state index in [4.69, 9.17) is 17.2 Å². The van der Waals surface area contributed by atoms with Gasteiger partial charge in [-0.05, 0) is 25.9 Å². The third-order valence-corrected chi connectivity index (χ3v) is 2.02. The summed E-state index contributed by atoms with van der Waals surface area (Å²) in [6.07, 6.45) is 2.80. The molecule has 0 aliphatic carbocycles. The van der Waals surface area contributed by atoms with Crippen molar-refractivity contribution in [3.05, 3.63) is 0 Å². The van der Waals surface area contributed by atoms with Crippen molar-refractivity contribution in [3.8, 4) is 0 Å². The largest absolute Gasteiger partial charge is 0.370 e. The third-order valence-electron chi connectivity index (χ3n) is 2.02. The number of nitrogens with one attached hydrogen (secondary N) is 1. The smallest absolute Gasteiger partial charge is 0.235 e. The van der Waals surface area contributed by atoms with E-state index in [0.717, 1.165) is 19.3 Å². The molecular formula is C9H20N4O2. The van der Waals surface area contributed by atoms with Crippen LogP contribution in [0.1, 0.15) is 25.7 Å². The molecule has 0 fully saturated rings. The Morgan fingerprint density at radius 1 is 1.13 bits per heavy atom. The molecule has 0 aliphatic rings. The highest BCUT2D eigenvalue weighted by Crippen LogP contribution is 1.94. The number of amides is 2. The second-order valence-corrected chi connectivity index (χ2v) is 3.43. The van der Waals surface area contributed by atoms with Gasteiger partial charge in [-0.3, -0.25) is 9.59 Å². The van der Waals surface area contributed by atoms with Crippen LogP contribution < -0.4 is 22.5 Å². The molecule has 0 radical (unpaired) electrons. The van der Waals surface area contributed by atoms with Gasteiger partial charge in [0.15, 0.2) is 0 Å².